The van der Waals surface area contributed by atoms with Gasteiger partial charge in [-0.05, 0) is 31.5 Å². The minimum atomic E-state index is -0.410. The first-order valence-electron chi connectivity index (χ1n) is 6.99. The summed E-state index contributed by atoms with van der Waals surface area (Å²) in [5.74, 6) is -0.108. The second kappa shape index (κ2) is 9.00. The van der Waals surface area contributed by atoms with Crippen LogP contribution in [0.3, 0.4) is 0 Å². The second-order valence-corrected chi connectivity index (χ2v) is 5.11. The molecule has 1 atom stereocenters. The number of anilines is 1. The molecule has 118 valence electrons. The number of nitrogens with one attached hydrogen (secondary N) is 2. The molecule has 1 heterocycles. The Morgan fingerprint density at radius 3 is 2.71 bits per heavy atom. The van der Waals surface area contributed by atoms with Gasteiger partial charge in [0.2, 0.25) is 0 Å². The van der Waals surface area contributed by atoms with Crippen molar-refractivity contribution in [2.24, 2.45) is 0 Å². The topological polar surface area (TPSA) is 59.6 Å². The predicted octanol–water partition coefficient (Wildman–Crippen LogP) is 1.96. The van der Waals surface area contributed by atoms with E-state index in [1.807, 2.05) is 38.1 Å². The normalized spacial score (nSPS) is 18.1. The number of rotatable bonds is 5. The average molecular weight is 315 g/mol. The van der Waals surface area contributed by atoms with E-state index in [9.17, 15) is 4.79 Å². The maximum Gasteiger partial charge on any atom is 0.254 e. The third-order valence-electron chi connectivity index (χ3n) is 3.02. The summed E-state index contributed by atoms with van der Waals surface area (Å²) in [6, 6.07) is 7.68. The molecule has 0 bridgehead atoms. The highest BCUT2D eigenvalue weighted by Gasteiger charge is 2.21. The SMILES string of the molecule is CC(C)OCc1ccc(NC(=O)C2CNCCO2)cc1.Cl. The van der Waals surface area contributed by atoms with Crippen LogP contribution in [0.15, 0.2) is 24.3 Å². The highest BCUT2D eigenvalue weighted by Crippen LogP contribution is 2.12. The Balaban J connectivity index is 0.00000220. The summed E-state index contributed by atoms with van der Waals surface area (Å²) in [5, 5.41) is 5.99. The van der Waals surface area contributed by atoms with Gasteiger partial charge in [0.1, 0.15) is 6.10 Å². The lowest BCUT2D eigenvalue weighted by atomic mass is 10.2. The Morgan fingerprint density at radius 1 is 1.43 bits per heavy atom. The van der Waals surface area contributed by atoms with Crippen LogP contribution in [0, 0.1) is 0 Å². The zero-order valence-corrected chi connectivity index (χ0v) is 13.2. The van der Waals surface area contributed by atoms with E-state index in [0.717, 1.165) is 17.8 Å². The first-order valence-corrected chi connectivity index (χ1v) is 6.99. The van der Waals surface area contributed by atoms with E-state index in [2.05, 4.69) is 10.6 Å². The molecule has 1 aliphatic heterocycles. The van der Waals surface area contributed by atoms with Gasteiger partial charge >= 0.3 is 0 Å². The summed E-state index contributed by atoms with van der Waals surface area (Å²) < 4.78 is 10.9. The summed E-state index contributed by atoms with van der Waals surface area (Å²) >= 11 is 0. The van der Waals surface area contributed by atoms with Gasteiger partial charge in [-0.25, -0.2) is 0 Å². The van der Waals surface area contributed by atoms with Crippen LogP contribution in [0.4, 0.5) is 5.69 Å². The molecule has 2 N–H and O–H groups in total. The molecule has 2 rings (SSSR count). The van der Waals surface area contributed by atoms with Crippen molar-refractivity contribution in [1.29, 1.82) is 0 Å². The van der Waals surface area contributed by atoms with Gasteiger partial charge in [-0.3, -0.25) is 4.79 Å². The number of benzene rings is 1. The van der Waals surface area contributed by atoms with E-state index in [1.54, 1.807) is 0 Å². The molecule has 6 heteroatoms. The molecule has 0 saturated carbocycles. The standard InChI is InChI=1S/C15H22N2O3.ClH/c1-11(2)20-10-12-3-5-13(6-4-12)17-15(18)14-9-16-7-8-19-14;/h3-6,11,14,16H,7-10H2,1-2H3,(H,17,18);1H. The van der Waals surface area contributed by atoms with Gasteiger partial charge in [0.15, 0.2) is 0 Å². The molecule has 1 unspecified atom stereocenters. The smallest absolute Gasteiger partial charge is 0.254 e. The highest BCUT2D eigenvalue weighted by atomic mass is 35.5. The third kappa shape index (κ3) is 6.01. The fourth-order valence-electron chi connectivity index (χ4n) is 1.90. The molecule has 0 spiro atoms. The molecule has 1 aliphatic rings. The summed E-state index contributed by atoms with van der Waals surface area (Å²) in [6.45, 7) is 6.53. The predicted molar refractivity (Wildman–Crippen MR) is 84.9 cm³/mol. The molecule has 1 saturated heterocycles. The van der Waals surface area contributed by atoms with Crippen molar-refractivity contribution in [2.45, 2.75) is 32.7 Å². The maximum absolute atomic E-state index is 12.0. The summed E-state index contributed by atoms with van der Waals surface area (Å²) in [6.07, 6.45) is -0.196. The van der Waals surface area contributed by atoms with Crippen LogP contribution in [0.25, 0.3) is 0 Å². The monoisotopic (exact) mass is 314 g/mol. The van der Waals surface area contributed by atoms with Crippen molar-refractivity contribution in [2.75, 3.05) is 25.0 Å². The molecular formula is C15H23ClN2O3. The summed E-state index contributed by atoms with van der Waals surface area (Å²) in [7, 11) is 0. The largest absolute Gasteiger partial charge is 0.374 e. The number of hydrogen-bond acceptors (Lipinski definition) is 4. The van der Waals surface area contributed by atoms with E-state index in [0.29, 0.717) is 19.8 Å². The molecule has 21 heavy (non-hydrogen) atoms. The van der Waals surface area contributed by atoms with E-state index in [-0.39, 0.29) is 24.4 Å². The van der Waals surface area contributed by atoms with Crippen molar-refractivity contribution in [3.05, 3.63) is 29.8 Å². The van der Waals surface area contributed by atoms with Gasteiger partial charge in [-0.2, -0.15) is 0 Å². The zero-order valence-electron chi connectivity index (χ0n) is 12.4. The second-order valence-electron chi connectivity index (χ2n) is 5.11. The number of halogens is 1. The van der Waals surface area contributed by atoms with Crippen molar-refractivity contribution in [3.8, 4) is 0 Å². The van der Waals surface area contributed by atoms with E-state index in [1.165, 1.54) is 0 Å². The molecule has 0 radical (unpaired) electrons. The molecule has 0 aromatic heterocycles. The van der Waals surface area contributed by atoms with Crippen LogP contribution >= 0.6 is 12.4 Å². The Morgan fingerprint density at radius 2 is 2.14 bits per heavy atom. The molecule has 1 aromatic carbocycles. The van der Waals surface area contributed by atoms with Crippen molar-refractivity contribution >= 4 is 24.0 Å². The van der Waals surface area contributed by atoms with E-state index < -0.39 is 6.10 Å². The first-order chi connectivity index (χ1) is 9.65. The zero-order chi connectivity index (χ0) is 14.4. The van der Waals surface area contributed by atoms with Crippen molar-refractivity contribution in [1.82, 2.24) is 5.32 Å². The van der Waals surface area contributed by atoms with Gasteiger partial charge in [0.25, 0.3) is 5.91 Å². The first kappa shape index (κ1) is 17.9. The number of hydrogen-bond donors (Lipinski definition) is 2. The van der Waals surface area contributed by atoms with Gasteiger partial charge in [-0.15, -0.1) is 12.4 Å². The lowest BCUT2D eigenvalue weighted by Crippen LogP contribution is -2.45. The Bertz CT molecular complexity index is 431. The van der Waals surface area contributed by atoms with Gasteiger partial charge < -0.3 is 20.1 Å². The lowest BCUT2D eigenvalue weighted by molar-refractivity contribution is -0.128. The van der Waals surface area contributed by atoms with Crippen LogP contribution in [0.2, 0.25) is 0 Å². The average Bonchev–Trinajstić information content (AvgIpc) is 2.47. The number of amides is 1. The van der Waals surface area contributed by atoms with Gasteiger partial charge in [0, 0.05) is 18.8 Å². The third-order valence-corrected chi connectivity index (χ3v) is 3.02. The number of carbonyl (C=O) groups excluding carboxylic acids is 1. The minimum absolute atomic E-state index is 0. The van der Waals surface area contributed by atoms with Crippen LogP contribution in [0.1, 0.15) is 19.4 Å². The quantitative estimate of drug-likeness (QED) is 0.872. The highest BCUT2D eigenvalue weighted by molar-refractivity contribution is 5.94. The van der Waals surface area contributed by atoms with Crippen LogP contribution in [-0.4, -0.2) is 37.8 Å². The molecule has 0 aliphatic carbocycles. The summed E-state index contributed by atoms with van der Waals surface area (Å²) in [5.41, 5.74) is 1.87. The van der Waals surface area contributed by atoms with Gasteiger partial charge in [-0.1, -0.05) is 12.1 Å². The van der Waals surface area contributed by atoms with Crippen molar-refractivity contribution in [3.63, 3.8) is 0 Å². The van der Waals surface area contributed by atoms with Crippen LogP contribution in [0.5, 0.6) is 0 Å². The molecule has 5 nitrogen and oxygen atoms in total. The van der Waals surface area contributed by atoms with Crippen LogP contribution < -0.4 is 10.6 Å². The van der Waals surface area contributed by atoms with E-state index in [4.69, 9.17) is 9.47 Å². The van der Waals surface area contributed by atoms with E-state index >= 15 is 0 Å². The Kier molecular flexibility index (Phi) is 7.67. The van der Waals surface area contributed by atoms with Crippen LogP contribution in [-0.2, 0) is 20.9 Å². The maximum atomic E-state index is 12.0. The Hall–Kier alpha value is -1.14. The number of ether oxygens (including phenoxy) is 2. The fourth-order valence-corrected chi connectivity index (χ4v) is 1.90. The fraction of sp³-hybridized carbons (Fsp3) is 0.533. The molecule has 1 aromatic rings. The molecule has 1 fully saturated rings. The van der Waals surface area contributed by atoms with Crippen molar-refractivity contribution < 1.29 is 14.3 Å². The molecule has 1 amide bonds. The Labute approximate surface area is 131 Å². The number of morpholine rings is 1. The lowest BCUT2D eigenvalue weighted by Gasteiger charge is -2.22. The minimum Gasteiger partial charge on any atom is -0.374 e. The number of carbonyl (C=O) groups is 1. The molecular weight excluding hydrogens is 292 g/mol. The summed E-state index contributed by atoms with van der Waals surface area (Å²) in [4.78, 5) is 12.0. The van der Waals surface area contributed by atoms with Gasteiger partial charge in [0.05, 0.1) is 19.3 Å².